The number of aromatic carboxylic acids is 1. The lowest BCUT2D eigenvalue weighted by Gasteiger charge is -1.95. The molecule has 0 saturated carbocycles. The van der Waals surface area contributed by atoms with Crippen molar-refractivity contribution in [2.24, 2.45) is 0 Å². The maximum Gasteiger partial charge on any atom is 0.339 e. The molecule has 0 aliphatic carbocycles. The van der Waals surface area contributed by atoms with E-state index < -0.39 is 5.97 Å². The van der Waals surface area contributed by atoms with Gasteiger partial charge in [0, 0.05) is 0 Å². The Kier molecular flexibility index (Phi) is 6.16. The summed E-state index contributed by atoms with van der Waals surface area (Å²) in [5, 5.41) is 17.3. The molecular weight excluding hydrogens is 240 g/mol. The van der Waals surface area contributed by atoms with Crippen molar-refractivity contribution in [1.29, 1.82) is 0 Å². The van der Waals surface area contributed by atoms with Crippen molar-refractivity contribution in [2.45, 2.75) is 19.8 Å². The average molecular weight is 258 g/mol. The number of carboxylic acids is 1. The second-order valence-electron chi connectivity index (χ2n) is 4.06. The monoisotopic (exact) mass is 258 g/mol. The van der Waals surface area contributed by atoms with E-state index in [4.69, 9.17) is 10.2 Å². The molecule has 2 aromatic rings. The fraction of sp³-hybridized carbons (Fsp3) is 0.188. The van der Waals surface area contributed by atoms with Crippen LogP contribution in [0.1, 0.15) is 29.3 Å². The predicted molar refractivity (Wildman–Crippen MR) is 75.5 cm³/mol. The molecule has 0 unspecified atom stereocenters. The fourth-order valence-corrected chi connectivity index (χ4v) is 1.59. The first kappa shape index (κ1) is 14.8. The summed E-state index contributed by atoms with van der Waals surface area (Å²) < 4.78 is 0. The van der Waals surface area contributed by atoms with Crippen molar-refractivity contribution in [3.8, 4) is 5.75 Å². The second-order valence-corrected chi connectivity index (χ2v) is 4.06. The molecule has 2 aromatic carbocycles. The highest BCUT2D eigenvalue weighted by Crippen LogP contribution is 2.14. The normalized spacial score (nSPS) is 9.32. The molecule has 3 heteroatoms. The predicted octanol–water partition coefficient (Wildman–Crippen LogP) is 3.73. The van der Waals surface area contributed by atoms with E-state index in [1.54, 1.807) is 12.1 Å². The molecule has 2 rings (SSSR count). The third-order valence-corrected chi connectivity index (χ3v) is 2.52. The molecule has 0 amide bonds. The van der Waals surface area contributed by atoms with Gasteiger partial charge in [-0.1, -0.05) is 55.8 Å². The minimum atomic E-state index is -1.11. The average Bonchev–Trinajstić information content (AvgIpc) is 2.41. The van der Waals surface area contributed by atoms with E-state index in [9.17, 15) is 4.79 Å². The summed E-state index contributed by atoms with van der Waals surface area (Å²) in [6.07, 6.45) is 2.45. The van der Waals surface area contributed by atoms with Crippen LogP contribution in [-0.2, 0) is 6.42 Å². The van der Waals surface area contributed by atoms with E-state index in [2.05, 4.69) is 37.3 Å². The zero-order valence-electron chi connectivity index (χ0n) is 10.9. The van der Waals surface area contributed by atoms with Gasteiger partial charge in [-0.15, -0.1) is 0 Å². The number of rotatable bonds is 3. The number of phenols is 1. The van der Waals surface area contributed by atoms with Crippen molar-refractivity contribution < 1.29 is 15.0 Å². The highest BCUT2D eigenvalue weighted by Gasteiger charge is 2.05. The molecule has 0 aliphatic heterocycles. The van der Waals surface area contributed by atoms with Crippen LogP contribution in [0, 0.1) is 0 Å². The molecule has 0 spiro atoms. The lowest BCUT2D eigenvalue weighted by atomic mass is 10.1. The number of carboxylic acid groups (broad SMARTS) is 1. The molecule has 3 nitrogen and oxygen atoms in total. The Morgan fingerprint density at radius 3 is 2.05 bits per heavy atom. The van der Waals surface area contributed by atoms with Crippen molar-refractivity contribution in [3.05, 3.63) is 65.7 Å². The summed E-state index contributed by atoms with van der Waals surface area (Å²) in [5.74, 6) is -1.31. The summed E-state index contributed by atoms with van der Waals surface area (Å²) in [6, 6.07) is 16.4. The maximum absolute atomic E-state index is 10.3. The van der Waals surface area contributed by atoms with Crippen molar-refractivity contribution >= 4 is 5.97 Å². The Labute approximate surface area is 113 Å². The Morgan fingerprint density at radius 2 is 1.58 bits per heavy atom. The maximum atomic E-state index is 10.3. The molecule has 0 atom stereocenters. The number of hydrogen-bond acceptors (Lipinski definition) is 2. The standard InChI is InChI=1S/C9H12.C7H6O3/c1-2-6-9-7-4-3-5-8-9;8-6-4-2-1-3-5(6)7(9)10/h3-5,7-8H,2,6H2,1H3;1-4,8H,(H,9,10). The van der Waals surface area contributed by atoms with E-state index in [0.717, 1.165) is 0 Å². The zero-order valence-corrected chi connectivity index (χ0v) is 10.9. The van der Waals surface area contributed by atoms with Gasteiger partial charge in [-0.2, -0.15) is 0 Å². The number of carbonyl (C=O) groups is 1. The van der Waals surface area contributed by atoms with Crippen LogP contribution in [0.15, 0.2) is 54.6 Å². The fourth-order valence-electron chi connectivity index (χ4n) is 1.59. The highest BCUT2D eigenvalue weighted by atomic mass is 16.4. The smallest absolute Gasteiger partial charge is 0.339 e. The van der Waals surface area contributed by atoms with Crippen LogP contribution in [0.4, 0.5) is 0 Å². The minimum Gasteiger partial charge on any atom is -0.507 e. The molecular formula is C16H18O3. The van der Waals surface area contributed by atoms with Gasteiger partial charge in [0.15, 0.2) is 0 Å². The molecule has 0 aromatic heterocycles. The summed E-state index contributed by atoms with van der Waals surface area (Å²) >= 11 is 0. The van der Waals surface area contributed by atoms with Crippen LogP contribution < -0.4 is 0 Å². The molecule has 0 aliphatic rings. The van der Waals surface area contributed by atoms with Gasteiger partial charge < -0.3 is 10.2 Å². The number of aromatic hydroxyl groups is 1. The Morgan fingerprint density at radius 1 is 1.00 bits per heavy atom. The molecule has 0 fully saturated rings. The Bertz CT molecular complexity index is 506. The summed E-state index contributed by atoms with van der Waals surface area (Å²) in [7, 11) is 0. The van der Waals surface area contributed by atoms with Gasteiger partial charge in [-0.3, -0.25) is 0 Å². The first-order chi connectivity index (χ1) is 9.15. The van der Waals surface area contributed by atoms with Crippen molar-refractivity contribution in [1.82, 2.24) is 0 Å². The molecule has 19 heavy (non-hydrogen) atoms. The first-order valence-electron chi connectivity index (χ1n) is 6.20. The number of hydrogen-bond donors (Lipinski definition) is 2. The van der Waals surface area contributed by atoms with E-state index in [-0.39, 0.29) is 11.3 Å². The molecule has 0 radical (unpaired) electrons. The first-order valence-corrected chi connectivity index (χ1v) is 6.20. The van der Waals surface area contributed by atoms with Crippen LogP contribution in [0.25, 0.3) is 0 Å². The highest BCUT2D eigenvalue weighted by molar-refractivity contribution is 5.90. The van der Waals surface area contributed by atoms with Crippen LogP contribution in [0.5, 0.6) is 5.75 Å². The van der Waals surface area contributed by atoms with Crippen molar-refractivity contribution in [2.75, 3.05) is 0 Å². The van der Waals surface area contributed by atoms with Gasteiger partial charge in [-0.25, -0.2) is 4.79 Å². The number of aryl methyl sites for hydroxylation is 1. The van der Waals surface area contributed by atoms with Gasteiger partial charge in [0.1, 0.15) is 11.3 Å². The molecule has 0 saturated heterocycles. The third kappa shape index (κ3) is 5.25. The van der Waals surface area contributed by atoms with E-state index in [1.165, 1.54) is 30.5 Å². The molecule has 0 heterocycles. The molecule has 2 N–H and O–H groups in total. The minimum absolute atomic E-state index is 0.0671. The van der Waals surface area contributed by atoms with Gasteiger partial charge in [-0.05, 0) is 24.1 Å². The van der Waals surface area contributed by atoms with Crippen LogP contribution in [0.3, 0.4) is 0 Å². The second kappa shape index (κ2) is 7.93. The number of para-hydroxylation sites is 1. The van der Waals surface area contributed by atoms with Gasteiger partial charge in [0.2, 0.25) is 0 Å². The van der Waals surface area contributed by atoms with E-state index >= 15 is 0 Å². The topological polar surface area (TPSA) is 57.5 Å². The Hall–Kier alpha value is -2.29. The van der Waals surface area contributed by atoms with E-state index in [0.29, 0.717) is 0 Å². The third-order valence-electron chi connectivity index (χ3n) is 2.52. The summed E-state index contributed by atoms with van der Waals surface area (Å²) in [5.41, 5.74) is 1.38. The SMILES string of the molecule is CCCc1ccccc1.O=C(O)c1ccccc1O. The largest absolute Gasteiger partial charge is 0.507 e. The van der Waals surface area contributed by atoms with E-state index in [1.807, 2.05) is 0 Å². The van der Waals surface area contributed by atoms with Gasteiger partial charge in [0.25, 0.3) is 0 Å². The lowest BCUT2D eigenvalue weighted by molar-refractivity contribution is 0.0694. The lowest BCUT2D eigenvalue weighted by Crippen LogP contribution is -1.95. The van der Waals surface area contributed by atoms with Gasteiger partial charge in [0.05, 0.1) is 0 Å². The summed E-state index contributed by atoms with van der Waals surface area (Å²) in [4.78, 5) is 10.3. The van der Waals surface area contributed by atoms with Crippen LogP contribution in [-0.4, -0.2) is 16.2 Å². The summed E-state index contributed by atoms with van der Waals surface area (Å²) in [6.45, 7) is 2.20. The van der Waals surface area contributed by atoms with Crippen LogP contribution in [0.2, 0.25) is 0 Å². The molecule has 0 bridgehead atoms. The van der Waals surface area contributed by atoms with Crippen LogP contribution >= 0.6 is 0 Å². The quantitative estimate of drug-likeness (QED) is 0.882. The number of benzene rings is 2. The van der Waals surface area contributed by atoms with Gasteiger partial charge >= 0.3 is 5.97 Å². The molecule has 100 valence electrons. The Balaban J connectivity index is 0.000000191. The zero-order chi connectivity index (χ0) is 14.1. The van der Waals surface area contributed by atoms with Crippen molar-refractivity contribution in [3.63, 3.8) is 0 Å².